The van der Waals surface area contributed by atoms with Gasteiger partial charge in [-0.1, -0.05) is 54.4 Å². The first-order valence-electron chi connectivity index (χ1n) is 8.03. The van der Waals surface area contributed by atoms with Gasteiger partial charge in [0, 0.05) is 18.7 Å². The van der Waals surface area contributed by atoms with Gasteiger partial charge in [0.25, 0.3) is 0 Å². The molecule has 2 nitrogen and oxygen atoms in total. The molecule has 0 aromatic carbocycles. The van der Waals surface area contributed by atoms with Gasteiger partial charge in [0.15, 0.2) is 0 Å². The van der Waals surface area contributed by atoms with Crippen LogP contribution in [0.1, 0.15) is 73.6 Å². The number of hydrogen-bond acceptors (Lipinski definition) is 2. The van der Waals surface area contributed by atoms with Crippen LogP contribution in [0.4, 0.5) is 0 Å². The van der Waals surface area contributed by atoms with E-state index in [4.69, 9.17) is 0 Å². The zero-order valence-corrected chi connectivity index (χ0v) is 13.9. The number of aliphatic hydroxyl groups excluding tert-OH is 1. The van der Waals surface area contributed by atoms with Crippen molar-refractivity contribution in [1.82, 2.24) is 5.32 Å². The predicted molar refractivity (Wildman–Crippen MR) is 83.3 cm³/mol. The molecule has 1 aliphatic carbocycles. The molecule has 3 unspecified atom stereocenters. The van der Waals surface area contributed by atoms with Crippen LogP contribution in [0.5, 0.6) is 0 Å². The van der Waals surface area contributed by atoms with Crippen LogP contribution in [0.25, 0.3) is 0 Å². The van der Waals surface area contributed by atoms with Crippen LogP contribution in [0.2, 0.25) is 0 Å². The fourth-order valence-corrected chi connectivity index (χ4v) is 3.52. The van der Waals surface area contributed by atoms with Gasteiger partial charge in [0.1, 0.15) is 0 Å². The molecule has 2 N–H and O–H groups in total. The van der Waals surface area contributed by atoms with Gasteiger partial charge in [-0.15, -0.1) is 0 Å². The summed E-state index contributed by atoms with van der Waals surface area (Å²) < 4.78 is 0. The van der Waals surface area contributed by atoms with Crippen molar-refractivity contribution < 1.29 is 5.11 Å². The van der Waals surface area contributed by atoms with Crippen molar-refractivity contribution in [1.29, 1.82) is 0 Å². The first-order chi connectivity index (χ1) is 8.66. The summed E-state index contributed by atoms with van der Waals surface area (Å²) in [7, 11) is 0. The van der Waals surface area contributed by atoms with Gasteiger partial charge in [-0.2, -0.15) is 0 Å². The van der Waals surface area contributed by atoms with Gasteiger partial charge in [-0.25, -0.2) is 0 Å². The van der Waals surface area contributed by atoms with E-state index in [1.807, 2.05) is 0 Å². The Morgan fingerprint density at radius 3 is 2.11 bits per heavy atom. The summed E-state index contributed by atoms with van der Waals surface area (Å²) in [6.45, 7) is 14.2. The van der Waals surface area contributed by atoms with Gasteiger partial charge >= 0.3 is 0 Å². The van der Waals surface area contributed by atoms with Gasteiger partial charge in [-0.05, 0) is 36.0 Å². The largest absolute Gasteiger partial charge is 0.396 e. The molecule has 19 heavy (non-hydrogen) atoms. The number of nitrogens with one attached hydrogen (secondary N) is 1. The van der Waals surface area contributed by atoms with Gasteiger partial charge in [-0.3, -0.25) is 0 Å². The molecule has 0 amide bonds. The Balaban J connectivity index is 2.75. The normalized spacial score (nSPS) is 27.3. The van der Waals surface area contributed by atoms with E-state index in [0.717, 1.165) is 12.3 Å². The quantitative estimate of drug-likeness (QED) is 0.809. The van der Waals surface area contributed by atoms with Crippen molar-refractivity contribution in [3.8, 4) is 0 Å². The van der Waals surface area contributed by atoms with Crippen LogP contribution in [-0.2, 0) is 0 Å². The molecule has 0 aromatic rings. The minimum Gasteiger partial charge on any atom is -0.396 e. The maximum Gasteiger partial charge on any atom is 0.0446 e. The third kappa shape index (κ3) is 5.07. The van der Waals surface area contributed by atoms with Crippen LogP contribution in [0.15, 0.2) is 0 Å². The lowest BCUT2D eigenvalue weighted by atomic mass is 9.69. The molecule has 1 fully saturated rings. The average molecular weight is 269 g/mol. The van der Waals surface area contributed by atoms with Crippen molar-refractivity contribution in [2.45, 2.75) is 85.7 Å². The lowest BCUT2D eigenvalue weighted by Gasteiger charge is -2.44. The number of rotatable bonds is 4. The van der Waals surface area contributed by atoms with Crippen molar-refractivity contribution >= 4 is 0 Å². The summed E-state index contributed by atoms with van der Waals surface area (Å²) in [6, 6.07) is 1.02. The molecular formula is C17H35NO. The Kier molecular flexibility index (Phi) is 5.88. The van der Waals surface area contributed by atoms with E-state index in [9.17, 15) is 5.11 Å². The third-order valence-corrected chi connectivity index (χ3v) is 4.76. The maximum absolute atomic E-state index is 9.32. The molecule has 114 valence electrons. The SMILES string of the molecule is CC(C)(C)C(CCO)NC1CCCCC1C(C)(C)C. The Labute approximate surface area is 120 Å². The summed E-state index contributed by atoms with van der Waals surface area (Å²) in [5.41, 5.74) is 0.586. The lowest BCUT2D eigenvalue weighted by Crippen LogP contribution is -2.52. The summed E-state index contributed by atoms with van der Waals surface area (Å²) >= 11 is 0. The number of hydrogen-bond donors (Lipinski definition) is 2. The molecule has 0 saturated heterocycles. The molecule has 0 radical (unpaired) electrons. The highest BCUT2D eigenvalue weighted by Crippen LogP contribution is 2.39. The molecule has 0 aromatic heterocycles. The smallest absolute Gasteiger partial charge is 0.0446 e. The standard InChI is InChI=1S/C17H35NO/c1-16(2,3)13-9-7-8-10-14(13)18-15(11-12-19)17(4,5)6/h13-15,18-19H,7-12H2,1-6H3. The topological polar surface area (TPSA) is 32.3 Å². The van der Waals surface area contributed by atoms with Crippen LogP contribution in [0.3, 0.4) is 0 Å². The second-order valence-corrected chi connectivity index (χ2v) is 8.46. The highest BCUT2D eigenvalue weighted by atomic mass is 16.3. The summed E-state index contributed by atoms with van der Waals surface area (Å²) in [5, 5.41) is 13.2. The average Bonchev–Trinajstić information content (AvgIpc) is 2.26. The first-order valence-corrected chi connectivity index (χ1v) is 8.03. The van der Waals surface area contributed by atoms with E-state index in [-0.39, 0.29) is 12.0 Å². The summed E-state index contributed by atoms with van der Waals surface area (Å²) in [5.74, 6) is 0.754. The maximum atomic E-state index is 9.32. The van der Waals surface area contributed by atoms with Gasteiger partial charge in [0.05, 0.1) is 0 Å². The van der Waals surface area contributed by atoms with E-state index < -0.39 is 0 Å². The fraction of sp³-hybridized carbons (Fsp3) is 1.00. The van der Waals surface area contributed by atoms with E-state index >= 15 is 0 Å². The zero-order valence-electron chi connectivity index (χ0n) is 13.9. The highest BCUT2D eigenvalue weighted by Gasteiger charge is 2.36. The molecule has 3 atom stereocenters. The van der Waals surface area contributed by atoms with Crippen molar-refractivity contribution in [2.24, 2.45) is 16.7 Å². The second-order valence-electron chi connectivity index (χ2n) is 8.46. The van der Waals surface area contributed by atoms with Crippen molar-refractivity contribution in [3.63, 3.8) is 0 Å². The van der Waals surface area contributed by atoms with Crippen LogP contribution < -0.4 is 5.32 Å². The Morgan fingerprint density at radius 1 is 1.05 bits per heavy atom. The Hall–Kier alpha value is -0.0800. The highest BCUT2D eigenvalue weighted by molar-refractivity contribution is 4.92. The molecule has 2 heteroatoms. The van der Waals surface area contributed by atoms with E-state index in [1.165, 1.54) is 25.7 Å². The molecule has 0 bridgehead atoms. The first kappa shape index (κ1) is 17.0. The predicted octanol–water partition coefficient (Wildman–Crippen LogP) is 3.98. The minimum absolute atomic E-state index is 0.211. The van der Waals surface area contributed by atoms with Gasteiger partial charge < -0.3 is 10.4 Å². The molecule has 0 spiro atoms. The molecular weight excluding hydrogens is 234 g/mol. The second kappa shape index (κ2) is 6.58. The van der Waals surface area contributed by atoms with E-state index in [0.29, 0.717) is 17.5 Å². The minimum atomic E-state index is 0.211. The van der Waals surface area contributed by atoms with Crippen molar-refractivity contribution in [2.75, 3.05) is 6.61 Å². The van der Waals surface area contributed by atoms with E-state index in [2.05, 4.69) is 46.9 Å². The Morgan fingerprint density at radius 2 is 1.63 bits per heavy atom. The Bertz CT molecular complexity index is 261. The monoisotopic (exact) mass is 269 g/mol. The molecule has 0 aliphatic heterocycles. The third-order valence-electron chi connectivity index (χ3n) is 4.76. The van der Waals surface area contributed by atoms with Gasteiger partial charge in [0.2, 0.25) is 0 Å². The van der Waals surface area contributed by atoms with E-state index in [1.54, 1.807) is 0 Å². The summed E-state index contributed by atoms with van der Waals surface area (Å²) in [6.07, 6.45) is 6.22. The van der Waals surface area contributed by atoms with Crippen LogP contribution in [-0.4, -0.2) is 23.8 Å². The molecule has 0 heterocycles. The molecule has 1 saturated carbocycles. The fourth-order valence-electron chi connectivity index (χ4n) is 3.52. The molecule has 1 aliphatic rings. The van der Waals surface area contributed by atoms with Crippen LogP contribution in [0, 0.1) is 16.7 Å². The van der Waals surface area contributed by atoms with Crippen molar-refractivity contribution in [3.05, 3.63) is 0 Å². The lowest BCUT2D eigenvalue weighted by molar-refractivity contribution is 0.0962. The molecule has 1 rings (SSSR count). The zero-order chi connectivity index (χ0) is 14.7. The number of aliphatic hydroxyl groups is 1. The van der Waals surface area contributed by atoms with Crippen LogP contribution >= 0.6 is 0 Å². The summed E-state index contributed by atoms with van der Waals surface area (Å²) in [4.78, 5) is 0.